The van der Waals surface area contributed by atoms with Crippen molar-refractivity contribution in [2.24, 2.45) is 0 Å². The predicted octanol–water partition coefficient (Wildman–Crippen LogP) is 2.60. The number of nitrogen functional groups attached to an aromatic ring is 2. The standard InChI is InChI=1S/C10H12N2O.C5H5BrN2.C5H8O/c1-10(2,13)6-5-8-3-4-9(11)12-7-8;6-4-1-2-5(7)8-3-4;1-4-5(2,3)6/h3-4,7,13H,1-2H3,(H2,11,12);1-3H,(H2,7,8);1,6H,2-3H3. The molecular weight excluding hydrogens is 408 g/mol. The zero-order valence-electron chi connectivity index (χ0n) is 15.9. The lowest BCUT2D eigenvalue weighted by Gasteiger charge is -2.05. The van der Waals surface area contributed by atoms with Gasteiger partial charge in [0.2, 0.25) is 0 Å². The van der Waals surface area contributed by atoms with Crippen LogP contribution in [0.1, 0.15) is 33.3 Å². The van der Waals surface area contributed by atoms with Crippen LogP contribution in [0.15, 0.2) is 41.1 Å². The molecule has 0 aromatic carbocycles. The van der Waals surface area contributed by atoms with Crippen LogP contribution >= 0.6 is 15.9 Å². The zero-order valence-corrected chi connectivity index (χ0v) is 17.4. The number of nitrogens with zero attached hydrogens (tertiary/aromatic N) is 2. The largest absolute Gasteiger partial charge is 0.384 e. The molecule has 2 heterocycles. The fraction of sp³-hybridized carbons (Fsp3) is 0.300. The van der Waals surface area contributed by atoms with E-state index in [4.69, 9.17) is 23.0 Å². The molecule has 0 aliphatic carbocycles. The number of aliphatic hydroxyl groups is 2. The summed E-state index contributed by atoms with van der Waals surface area (Å²) in [5, 5.41) is 17.9. The third-order valence-corrected chi connectivity index (χ3v) is 2.87. The molecule has 0 saturated heterocycles. The molecule has 0 unspecified atom stereocenters. The normalized spacial score (nSPS) is 10.0. The number of hydrogen-bond donors (Lipinski definition) is 4. The number of anilines is 2. The third-order valence-electron chi connectivity index (χ3n) is 2.40. The van der Waals surface area contributed by atoms with Crippen molar-refractivity contribution in [3.8, 4) is 24.2 Å². The molecule has 0 spiro atoms. The highest BCUT2D eigenvalue weighted by Gasteiger charge is 2.05. The molecule has 0 radical (unpaired) electrons. The van der Waals surface area contributed by atoms with Crippen LogP contribution in [0.5, 0.6) is 0 Å². The zero-order chi connectivity index (χ0) is 21.1. The van der Waals surface area contributed by atoms with Gasteiger partial charge >= 0.3 is 0 Å². The van der Waals surface area contributed by atoms with E-state index in [1.165, 1.54) is 0 Å². The first kappa shape index (κ1) is 24.4. The van der Waals surface area contributed by atoms with Gasteiger partial charge in [-0.15, -0.1) is 6.42 Å². The first-order chi connectivity index (χ1) is 12.3. The average molecular weight is 433 g/mol. The number of terminal acetylenes is 1. The smallest absolute Gasteiger partial charge is 0.123 e. The fourth-order valence-corrected chi connectivity index (χ4v) is 1.33. The number of rotatable bonds is 0. The van der Waals surface area contributed by atoms with Crippen LogP contribution in [0.4, 0.5) is 11.6 Å². The summed E-state index contributed by atoms with van der Waals surface area (Å²) in [6, 6.07) is 7.03. The summed E-state index contributed by atoms with van der Waals surface area (Å²) in [7, 11) is 0. The van der Waals surface area contributed by atoms with Crippen LogP contribution in [-0.4, -0.2) is 31.4 Å². The number of aromatic nitrogens is 2. The second-order valence-corrected chi connectivity index (χ2v) is 7.30. The Labute approximate surface area is 169 Å². The Morgan fingerprint density at radius 1 is 0.926 bits per heavy atom. The van der Waals surface area contributed by atoms with E-state index in [0.29, 0.717) is 11.6 Å². The van der Waals surface area contributed by atoms with Gasteiger partial charge < -0.3 is 21.7 Å². The molecular formula is C20H25BrN4O2. The third kappa shape index (κ3) is 15.4. The molecule has 0 fully saturated rings. The highest BCUT2D eigenvalue weighted by molar-refractivity contribution is 9.10. The summed E-state index contributed by atoms with van der Waals surface area (Å²) in [5.41, 5.74) is 9.54. The molecule has 6 N–H and O–H groups in total. The van der Waals surface area contributed by atoms with Gasteiger partial charge in [0.05, 0.1) is 0 Å². The van der Waals surface area contributed by atoms with Crippen molar-refractivity contribution in [2.75, 3.05) is 11.5 Å². The SMILES string of the molecule is C#CC(C)(C)O.CC(C)(O)C#Cc1ccc(N)nc1.Nc1ccc(Br)cn1. The van der Waals surface area contributed by atoms with Crippen molar-refractivity contribution >= 4 is 27.6 Å². The van der Waals surface area contributed by atoms with Crippen molar-refractivity contribution in [1.82, 2.24) is 9.97 Å². The summed E-state index contributed by atoms with van der Waals surface area (Å²) < 4.78 is 0.951. The molecule has 0 saturated carbocycles. The van der Waals surface area contributed by atoms with E-state index in [0.717, 1.165) is 10.0 Å². The Bertz CT molecular complexity index is 767. The molecule has 0 amide bonds. The summed E-state index contributed by atoms with van der Waals surface area (Å²) >= 11 is 3.23. The molecule has 2 rings (SSSR count). The van der Waals surface area contributed by atoms with E-state index in [1.54, 1.807) is 58.3 Å². The second kappa shape index (κ2) is 11.2. The van der Waals surface area contributed by atoms with Gasteiger partial charge in [0.25, 0.3) is 0 Å². The van der Waals surface area contributed by atoms with Gasteiger partial charge in [-0.05, 0) is 67.9 Å². The molecule has 2 aromatic heterocycles. The van der Waals surface area contributed by atoms with Gasteiger partial charge in [0.1, 0.15) is 22.8 Å². The minimum absolute atomic E-state index is 0.466. The van der Waals surface area contributed by atoms with Crippen molar-refractivity contribution in [2.45, 2.75) is 38.9 Å². The van der Waals surface area contributed by atoms with E-state index in [-0.39, 0.29) is 0 Å². The molecule has 0 aliphatic heterocycles. The molecule has 27 heavy (non-hydrogen) atoms. The summed E-state index contributed by atoms with van der Waals surface area (Å²) in [4.78, 5) is 7.68. The first-order valence-electron chi connectivity index (χ1n) is 7.86. The van der Waals surface area contributed by atoms with Crippen LogP contribution < -0.4 is 11.5 Å². The predicted molar refractivity (Wildman–Crippen MR) is 113 cm³/mol. The van der Waals surface area contributed by atoms with Gasteiger partial charge in [-0.2, -0.15) is 0 Å². The van der Waals surface area contributed by atoms with Gasteiger partial charge in [-0.1, -0.05) is 17.8 Å². The van der Waals surface area contributed by atoms with E-state index in [9.17, 15) is 5.11 Å². The molecule has 0 bridgehead atoms. The number of pyridine rings is 2. The maximum Gasteiger partial charge on any atom is 0.123 e. The minimum atomic E-state index is -0.971. The number of nitrogens with two attached hydrogens (primary N) is 2. The average Bonchev–Trinajstić information content (AvgIpc) is 2.57. The lowest BCUT2D eigenvalue weighted by Crippen LogP contribution is -2.14. The van der Waals surface area contributed by atoms with Gasteiger partial charge in [0, 0.05) is 22.4 Å². The lowest BCUT2D eigenvalue weighted by atomic mass is 10.1. The van der Waals surface area contributed by atoms with Crippen LogP contribution in [0.3, 0.4) is 0 Å². The van der Waals surface area contributed by atoms with Gasteiger partial charge in [-0.3, -0.25) is 0 Å². The summed E-state index contributed by atoms with van der Waals surface area (Å²) in [6.45, 7) is 6.38. The van der Waals surface area contributed by atoms with Crippen LogP contribution in [0, 0.1) is 24.2 Å². The molecule has 0 atom stereocenters. The quantitative estimate of drug-likeness (QED) is 0.475. The van der Waals surface area contributed by atoms with Crippen molar-refractivity contribution < 1.29 is 10.2 Å². The highest BCUT2D eigenvalue weighted by atomic mass is 79.9. The van der Waals surface area contributed by atoms with E-state index >= 15 is 0 Å². The molecule has 144 valence electrons. The molecule has 2 aromatic rings. The van der Waals surface area contributed by atoms with E-state index < -0.39 is 11.2 Å². The van der Waals surface area contributed by atoms with Crippen molar-refractivity contribution in [3.63, 3.8) is 0 Å². The molecule has 0 aliphatic rings. The van der Waals surface area contributed by atoms with Crippen LogP contribution in [0.2, 0.25) is 0 Å². The van der Waals surface area contributed by atoms with Gasteiger partial charge in [0.15, 0.2) is 0 Å². The van der Waals surface area contributed by atoms with Crippen LogP contribution in [0.25, 0.3) is 0 Å². The van der Waals surface area contributed by atoms with Crippen molar-refractivity contribution in [1.29, 1.82) is 0 Å². The summed E-state index contributed by atoms with van der Waals surface area (Å²) in [5.74, 6) is 8.65. The second-order valence-electron chi connectivity index (χ2n) is 6.39. The first-order valence-corrected chi connectivity index (χ1v) is 8.66. The van der Waals surface area contributed by atoms with E-state index in [1.807, 2.05) is 6.07 Å². The Morgan fingerprint density at radius 2 is 1.41 bits per heavy atom. The monoisotopic (exact) mass is 432 g/mol. The number of hydrogen-bond acceptors (Lipinski definition) is 6. The Hall–Kier alpha value is -2.58. The molecule has 7 heteroatoms. The minimum Gasteiger partial charge on any atom is -0.384 e. The Kier molecular flexibility index (Phi) is 10.1. The van der Waals surface area contributed by atoms with Gasteiger partial charge in [-0.25, -0.2) is 9.97 Å². The van der Waals surface area contributed by atoms with Crippen LogP contribution in [-0.2, 0) is 0 Å². The highest BCUT2D eigenvalue weighted by Crippen LogP contribution is 2.07. The maximum atomic E-state index is 9.31. The fourth-order valence-electron chi connectivity index (χ4n) is 1.09. The Balaban J connectivity index is 0.000000413. The van der Waals surface area contributed by atoms with E-state index in [2.05, 4.69) is 43.7 Å². The molecule has 6 nitrogen and oxygen atoms in total. The lowest BCUT2D eigenvalue weighted by molar-refractivity contribution is 0.143. The summed E-state index contributed by atoms with van der Waals surface area (Å²) in [6.07, 6.45) is 8.05. The topological polar surface area (TPSA) is 118 Å². The maximum absolute atomic E-state index is 9.31. The Morgan fingerprint density at radius 3 is 1.70 bits per heavy atom. The number of halogens is 1. The van der Waals surface area contributed by atoms with Crippen molar-refractivity contribution in [3.05, 3.63) is 46.7 Å².